The van der Waals surface area contributed by atoms with Crippen molar-refractivity contribution in [3.05, 3.63) is 11.8 Å². The molecule has 0 aromatic heterocycles. The van der Waals surface area contributed by atoms with Crippen molar-refractivity contribution in [2.24, 2.45) is 5.92 Å². The average Bonchev–Trinajstić information content (AvgIpc) is 1.82. The van der Waals surface area contributed by atoms with Crippen LogP contribution in [0.25, 0.3) is 0 Å². The molecule has 0 aliphatic carbocycles. The van der Waals surface area contributed by atoms with Crippen LogP contribution in [0.3, 0.4) is 0 Å². The fourth-order valence-corrected chi connectivity index (χ4v) is 1.01. The van der Waals surface area contributed by atoms with Crippen LogP contribution >= 0.6 is 0 Å². The van der Waals surface area contributed by atoms with E-state index in [1.807, 2.05) is 0 Å². The first kappa shape index (κ1) is 12.6. The van der Waals surface area contributed by atoms with Crippen molar-refractivity contribution in [2.45, 2.75) is 13.8 Å². The Bertz CT molecular complexity index is 293. The minimum atomic E-state index is -1.24. The Balaban J connectivity index is 0.00000144. The summed E-state index contributed by atoms with van der Waals surface area (Å²) < 4.78 is 4.61. The molecule has 1 heterocycles. The van der Waals surface area contributed by atoms with Gasteiger partial charge < -0.3 is 4.74 Å². The first-order valence-electron chi connectivity index (χ1n) is 3.46. The summed E-state index contributed by atoms with van der Waals surface area (Å²) in [5, 5.41) is 0. The van der Waals surface area contributed by atoms with Gasteiger partial charge in [0.25, 0.3) is 0 Å². The zero-order chi connectivity index (χ0) is 9.30. The molecule has 5 heteroatoms. The number of ketones is 2. The van der Waals surface area contributed by atoms with E-state index in [1.54, 1.807) is 0 Å². The summed E-state index contributed by atoms with van der Waals surface area (Å²) in [4.78, 5) is 32.8. The molecule has 0 bridgehead atoms. The van der Waals surface area contributed by atoms with Crippen molar-refractivity contribution in [2.75, 3.05) is 0 Å². The average molecular weight is 192 g/mol. The predicted octanol–water partition coefficient (Wildman–Crippen LogP) is -0.427. The van der Waals surface area contributed by atoms with Crippen molar-refractivity contribution in [3.8, 4) is 0 Å². The standard InChI is InChI=1S/C8H8O4.Na.H/c1-4-3-6(10)7(5(2)9)8(11)12-4;;/h3,7H,1-2H3;;. The third-order valence-corrected chi connectivity index (χ3v) is 1.53. The molecule has 0 fully saturated rings. The van der Waals surface area contributed by atoms with Gasteiger partial charge in [0.1, 0.15) is 5.76 Å². The molecule has 1 atom stereocenters. The van der Waals surface area contributed by atoms with Gasteiger partial charge >= 0.3 is 35.5 Å². The van der Waals surface area contributed by atoms with E-state index < -0.39 is 23.5 Å². The predicted molar refractivity (Wildman–Crippen MR) is 46.2 cm³/mol. The van der Waals surface area contributed by atoms with Gasteiger partial charge in [0.2, 0.25) is 0 Å². The summed E-state index contributed by atoms with van der Waals surface area (Å²) in [7, 11) is 0. The van der Waals surface area contributed by atoms with Crippen LogP contribution < -0.4 is 0 Å². The Hall–Kier alpha value is -0.450. The molecule has 0 radical (unpaired) electrons. The van der Waals surface area contributed by atoms with Crippen LogP contribution in [0.1, 0.15) is 13.8 Å². The first-order valence-corrected chi connectivity index (χ1v) is 3.46. The number of carbonyl (C=O) groups is 3. The van der Waals surface area contributed by atoms with Gasteiger partial charge in [0, 0.05) is 6.08 Å². The SMILES string of the molecule is CC(=O)C1C(=O)C=C(C)OC1=O.[NaH]. The quantitative estimate of drug-likeness (QED) is 0.321. The van der Waals surface area contributed by atoms with Crippen LogP contribution in [0.2, 0.25) is 0 Å². The molecule has 1 aliphatic heterocycles. The summed E-state index contributed by atoms with van der Waals surface area (Å²) in [6.07, 6.45) is 1.16. The van der Waals surface area contributed by atoms with Gasteiger partial charge in [0.05, 0.1) is 0 Å². The van der Waals surface area contributed by atoms with E-state index in [9.17, 15) is 14.4 Å². The molecule has 0 amide bonds. The van der Waals surface area contributed by atoms with Crippen LogP contribution in [0.15, 0.2) is 11.8 Å². The molecule has 13 heavy (non-hydrogen) atoms. The van der Waals surface area contributed by atoms with E-state index in [-0.39, 0.29) is 35.3 Å². The fraction of sp³-hybridized carbons (Fsp3) is 0.375. The summed E-state index contributed by atoms with van der Waals surface area (Å²) in [6.45, 7) is 2.68. The zero-order valence-electron chi connectivity index (χ0n) is 6.79. The van der Waals surface area contributed by atoms with Crippen LogP contribution in [0, 0.1) is 5.92 Å². The topological polar surface area (TPSA) is 60.4 Å². The van der Waals surface area contributed by atoms with E-state index in [0.29, 0.717) is 0 Å². The van der Waals surface area contributed by atoms with Gasteiger partial charge in [-0.25, -0.2) is 0 Å². The number of rotatable bonds is 1. The summed E-state index contributed by atoms with van der Waals surface area (Å²) in [5.41, 5.74) is 0. The number of carbonyl (C=O) groups excluding carboxylic acids is 3. The Morgan fingerprint density at radius 2 is 2.00 bits per heavy atom. The van der Waals surface area contributed by atoms with Crippen molar-refractivity contribution in [1.29, 1.82) is 0 Å². The van der Waals surface area contributed by atoms with Crippen molar-refractivity contribution in [3.63, 3.8) is 0 Å². The van der Waals surface area contributed by atoms with Crippen LogP contribution in [0.4, 0.5) is 0 Å². The number of Topliss-reactive ketones (excluding diaryl/α,β-unsaturated/α-hetero) is 1. The normalized spacial score (nSPS) is 21.4. The molecule has 0 aromatic carbocycles. The number of hydrogen-bond acceptors (Lipinski definition) is 4. The molecular formula is C8H9NaO4. The number of hydrogen-bond donors (Lipinski definition) is 0. The van der Waals surface area contributed by atoms with Crippen molar-refractivity contribution in [1.82, 2.24) is 0 Å². The third kappa shape index (κ3) is 2.76. The molecule has 1 aliphatic rings. The van der Waals surface area contributed by atoms with Crippen LogP contribution in [-0.4, -0.2) is 47.1 Å². The van der Waals surface area contributed by atoms with Crippen molar-refractivity contribution >= 4 is 47.1 Å². The Morgan fingerprint density at radius 1 is 1.46 bits per heavy atom. The third-order valence-electron chi connectivity index (χ3n) is 1.53. The van der Waals surface area contributed by atoms with Gasteiger partial charge in [-0.3, -0.25) is 14.4 Å². The van der Waals surface area contributed by atoms with E-state index in [4.69, 9.17) is 0 Å². The van der Waals surface area contributed by atoms with E-state index in [1.165, 1.54) is 13.8 Å². The molecule has 0 saturated heterocycles. The Kier molecular flexibility index (Phi) is 4.53. The Morgan fingerprint density at radius 3 is 2.38 bits per heavy atom. The number of ether oxygens (including phenoxy) is 1. The zero-order valence-corrected chi connectivity index (χ0v) is 6.79. The Labute approximate surface area is 97.6 Å². The maximum atomic E-state index is 11.1. The van der Waals surface area contributed by atoms with Gasteiger partial charge in [-0.15, -0.1) is 0 Å². The van der Waals surface area contributed by atoms with Gasteiger partial charge in [-0.1, -0.05) is 0 Å². The second-order valence-corrected chi connectivity index (χ2v) is 2.62. The van der Waals surface area contributed by atoms with E-state index in [2.05, 4.69) is 4.74 Å². The second-order valence-electron chi connectivity index (χ2n) is 2.62. The van der Waals surface area contributed by atoms with Crippen LogP contribution in [0.5, 0.6) is 0 Å². The summed E-state index contributed by atoms with van der Waals surface area (Å²) >= 11 is 0. The minimum absolute atomic E-state index is 0. The molecule has 0 saturated carbocycles. The van der Waals surface area contributed by atoms with E-state index in [0.717, 1.165) is 6.08 Å². The van der Waals surface area contributed by atoms with Gasteiger partial charge in [-0.05, 0) is 13.8 Å². The van der Waals surface area contributed by atoms with Crippen LogP contribution in [-0.2, 0) is 19.1 Å². The van der Waals surface area contributed by atoms with Gasteiger partial charge in [-0.2, -0.15) is 0 Å². The second kappa shape index (κ2) is 4.69. The molecule has 0 N–H and O–H groups in total. The van der Waals surface area contributed by atoms with Crippen molar-refractivity contribution < 1.29 is 19.1 Å². The molecule has 1 unspecified atom stereocenters. The molecule has 0 aromatic rings. The van der Waals surface area contributed by atoms with E-state index >= 15 is 0 Å². The molecule has 1 rings (SSSR count). The molecular weight excluding hydrogens is 183 g/mol. The number of esters is 1. The number of cyclic esters (lactones) is 1. The summed E-state index contributed by atoms with van der Waals surface area (Å²) in [5.74, 6) is -2.74. The molecule has 0 spiro atoms. The maximum absolute atomic E-state index is 11.1. The number of allylic oxidation sites excluding steroid dienone is 2. The first-order chi connectivity index (χ1) is 5.52. The fourth-order valence-electron chi connectivity index (χ4n) is 1.01. The van der Waals surface area contributed by atoms with Gasteiger partial charge in [0.15, 0.2) is 17.5 Å². The molecule has 4 nitrogen and oxygen atoms in total. The summed E-state index contributed by atoms with van der Waals surface area (Å²) in [6, 6.07) is 0. The monoisotopic (exact) mass is 192 g/mol. The molecule has 66 valence electrons.